The number of unbranched alkanes of at least 4 members (excludes halogenated alkanes) is 1. The van der Waals surface area contributed by atoms with Crippen LogP contribution < -0.4 is 49.1 Å². The molecule has 6 atom stereocenters. The standard InChI is InChI=1S/C42H60ClN11O8S2.C2H4O2/c1-24(2)35-40(61)51-30(22-33(44)55)37(58)52-31(41(62)54-17-5-9-32(54)39(60)47-15-3-4-16-48-42(45)46)23-63-18-7-10-34(56)49-28(20-25-11-13-26(43)14-12-25)36(57)50-29(38(59)53-35)21-27-8-6-19-64-27;1-2(3)4/h6,8,11-14,19,24,28-32,35H,3-5,7,9-10,15-18,20-23H2,1-2H3,(H2,44,55)(H,47,60)(H,49,56)(H,50,57)(H,51,61)(H,52,58)(H,53,59)(H4,45,46,48);1H3,(H,3,4)/t28?,29-,30-,31?,32-,35?;/m0./s1. The number of halogens is 1. The lowest BCUT2D eigenvalue weighted by atomic mass is 10.0. The number of hydrogen-bond donors (Lipinski definition) is 10. The Kier molecular flexibility index (Phi) is 24.1. The number of hydrogen-bond acceptors (Lipinski definition) is 12. The SMILES string of the molecule is CC(=O)O.CC(C)C1NC(=O)[C@H](Cc2cccs2)NC(=O)C(Cc2ccc(Cl)cc2)NC(=O)CCCSCC(C(=O)N2CCC[C@H]2C(=O)NCCCCN=C(N)N)NC(=O)[C@H](CC(N)=O)NC1=O. The number of nitrogens with two attached hydrogens (primary N) is 3. The van der Waals surface area contributed by atoms with Crippen LogP contribution in [0.2, 0.25) is 5.02 Å². The van der Waals surface area contributed by atoms with Gasteiger partial charge < -0.3 is 59.1 Å². The highest BCUT2D eigenvalue weighted by molar-refractivity contribution is 7.99. The number of rotatable bonds is 14. The number of nitrogens with one attached hydrogen (secondary N) is 6. The number of carbonyl (C=O) groups excluding carboxylic acids is 8. The van der Waals surface area contributed by atoms with Gasteiger partial charge in [-0.15, -0.1) is 11.3 Å². The maximum absolute atomic E-state index is 14.3. The molecular weight excluding hydrogens is 942 g/mol. The predicted octanol–water partition coefficient (Wildman–Crippen LogP) is -0.0792. The lowest BCUT2D eigenvalue weighted by Crippen LogP contribution is -2.61. The second kappa shape index (κ2) is 29.1. The van der Waals surface area contributed by atoms with E-state index < -0.39 is 95.9 Å². The van der Waals surface area contributed by atoms with Crippen LogP contribution in [0.15, 0.2) is 46.8 Å². The third-order valence-corrected chi connectivity index (χ3v) is 12.8. The van der Waals surface area contributed by atoms with Crippen molar-refractivity contribution in [2.45, 2.75) is 115 Å². The second-order valence-electron chi connectivity index (χ2n) is 16.5. The third kappa shape index (κ3) is 20.1. The van der Waals surface area contributed by atoms with Gasteiger partial charge in [0.1, 0.15) is 36.3 Å². The van der Waals surface area contributed by atoms with E-state index in [1.54, 1.807) is 50.2 Å². The van der Waals surface area contributed by atoms with Gasteiger partial charge in [0, 0.05) is 61.5 Å². The van der Waals surface area contributed by atoms with E-state index in [0.29, 0.717) is 61.5 Å². The molecular formula is C44H64ClN11O10S2. The molecule has 13 N–H and O–H groups in total. The van der Waals surface area contributed by atoms with E-state index in [1.807, 2.05) is 5.38 Å². The minimum Gasteiger partial charge on any atom is -0.481 e. The molecule has 24 heteroatoms. The molecule has 2 fully saturated rings. The minimum absolute atomic E-state index is 0.00456. The highest BCUT2D eigenvalue weighted by Gasteiger charge is 2.39. The molecule has 0 aliphatic carbocycles. The van der Waals surface area contributed by atoms with Crippen LogP contribution in [0, 0.1) is 5.92 Å². The van der Waals surface area contributed by atoms with Gasteiger partial charge in [-0.1, -0.05) is 43.6 Å². The van der Waals surface area contributed by atoms with Crippen LogP contribution in [0.3, 0.4) is 0 Å². The summed E-state index contributed by atoms with van der Waals surface area (Å²) >= 11 is 8.75. The fourth-order valence-electron chi connectivity index (χ4n) is 7.16. The molecule has 68 heavy (non-hydrogen) atoms. The van der Waals surface area contributed by atoms with Crippen LogP contribution in [-0.2, 0) is 56.0 Å². The number of aliphatic imine (C=N–C) groups is 1. The van der Waals surface area contributed by atoms with E-state index in [1.165, 1.54) is 28.0 Å². The number of aliphatic carboxylic acids is 1. The van der Waals surface area contributed by atoms with Gasteiger partial charge >= 0.3 is 0 Å². The second-order valence-corrected chi connectivity index (χ2v) is 19.1. The molecule has 1 aromatic heterocycles. The number of nitrogens with zero attached hydrogens (tertiary/aromatic N) is 2. The molecule has 2 aliphatic heterocycles. The van der Waals surface area contributed by atoms with Crippen LogP contribution in [-0.4, -0.2) is 137 Å². The van der Waals surface area contributed by atoms with Crippen molar-refractivity contribution in [1.82, 2.24) is 36.8 Å². The van der Waals surface area contributed by atoms with E-state index in [4.69, 9.17) is 38.7 Å². The molecule has 2 aliphatic rings. The molecule has 21 nitrogen and oxygen atoms in total. The molecule has 2 aromatic rings. The van der Waals surface area contributed by atoms with Crippen LogP contribution in [0.25, 0.3) is 0 Å². The van der Waals surface area contributed by atoms with Crippen LogP contribution in [0.5, 0.6) is 0 Å². The molecule has 1 aromatic carbocycles. The summed E-state index contributed by atoms with van der Waals surface area (Å²) < 4.78 is 0. The van der Waals surface area contributed by atoms with Gasteiger partial charge in [0.25, 0.3) is 5.97 Å². The maximum Gasteiger partial charge on any atom is 0.300 e. The molecule has 0 radical (unpaired) electrons. The summed E-state index contributed by atoms with van der Waals surface area (Å²) in [6, 6.07) is 3.23. The average Bonchev–Trinajstić information content (AvgIpc) is 3.98. The van der Waals surface area contributed by atoms with Crippen molar-refractivity contribution >= 4 is 93.9 Å². The summed E-state index contributed by atoms with van der Waals surface area (Å²) in [5.74, 6) is -6.36. The fourth-order valence-corrected chi connectivity index (χ4v) is 9.02. The van der Waals surface area contributed by atoms with Crippen molar-refractivity contribution in [1.29, 1.82) is 0 Å². The van der Waals surface area contributed by atoms with Gasteiger partial charge in [0.15, 0.2) is 5.96 Å². The molecule has 3 unspecified atom stereocenters. The monoisotopic (exact) mass is 1010 g/mol. The largest absolute Gasteiger partial charge is 0.481 e. The predicted molar refractivity (Wildman–Crippen MR) is 259 cm³/mol. The van der Waals surface area contributed by atoms with Crippen molar-refractivity contribution in [3.63, 3.8) is 0 Å². The van der Waals surface area contributed by atoms with Crippen molar-refractivity contribution in [3.8, 4) is 0 Å². The molecule has 374 valence electrons. The highest BCUT2D eigenvalue weighted by atomic mass is 35.5. The number of thioether (sulfide) groups is 1. The minimum atomic E-state index is -1.55. The van der Waals surface area contributed by atoms with Gasteiger partial charge in [-0.25, -0.2) is 0 Å². The first-order valence-electron chi connectivity index (χ1n) is 22.2. The zero-order valence-corrected chi connectivity index (χ0v) is 40.8. The van der Waals surface area contributed by atoms with E-state index in [2.05, 4.69) is 36.9 Å². The first-order chi connectivity index (χ1) is 32.2. The Labute approximate surface area is 408 Å². The number of carbonyl (C=O) groups is 9. The molecule has 0 bridgehead atoms. The van der Waals surface area contributed by atoms with Crippen molar-refractivity contribution < 1.29 is 48.3 Å². The third-order valence-electron chi connectivity index (χ3n) is 10.5. The number of carboxylic acids is 1. The summed E-state index contributed by atoms with van der Waals surface area (Å²) in [6.07, 6.45) is 1.97. The maximum atomic E-state index is 14.3. The van der Waals surface area contributed by atoms with Gasteiger partial charge in [-0.05, 0) is 72.9 Å². The summed E-state index contributed by atoms with van der Waals surface area (Å²) in [4.78, 5) is 125. The summed E-state index contributed by atoms with van der Waals surface area (Å²) in [5.41, 5.74) is 17.0. The molecule has 4 rings (SSSR count). The number of thiophene rings is 1. The zero-order valence-electron chi connectivity index (χ0n) is 38.4. The Morgan fingerprint density at radius 2 is 1.51 bits per heavy atom. The van der Waals surface area contributed by atoms with Gasteiger partial charge in [0.2, 0.25) is 47.3 Å². The van der Waals surface area contributed by atoms with Crippen molar-refractivity contribution in [3.05, 3.63) is 57.2 Å². The summed E-state index contributed by atoms with van der Waals surface area (Å²) in [5, 5.41) is 26.2. The number of primary amides is 1. The normalized spacial score (nSPS) is 22.2. The number of carboxylic acid groups (broad SMARTS) is 1. The van der Waals surface area contributed by atoms with Crippen molar-refractivity contribution in [2.75, 3.05) is 31.1 Å². The Hall–Kier alpha value is -5.94. The molecule has 8 amide bonds. The molecule has 0 saturated carbocycles. The number of benzene rings is 1. The first-order valence-corrected chi connectivity index (χ1v) is 24.6. The Balaban J connectivity index is 0.00000294. The Morgan fingerprint density at radius 1 is 0.868 bits per heavy atom. The van der Waals surface area contributed by atoms with Crippen LogP contribution in [0.1, 0.15) is 76.2 Å². The highest BCUT2D eigenvalue weighted by Crippen LogP contribution is 2.21. The smallest absolute Gasteiger partial charge is 0.300 e. The molecule has 3 heterocycles. The quantitative estimate of drug-likeness (QED) is 0.0674. The Morgan fingerprint density at radius 3 is 2.15 bits per heavy atom. The van der Waals surface area contributed by atoms with Gasteiger partial charge in [-0.3, -0.25) is 48.1 Å². The molecule has 2 saturated heterocycles. The first kappa shape index (κ1) is 56.4. The van der Waals surface area contributed by atoms with E-state index in [9.17, 15) is 38.4 Å². The van der Waals surface area contributed by atoms with E-state index in [0.717, 1.165) is 11.8 Å². The van der Waals surface area contributed by atoms with Crippen LogP contribution >= 0.6 is 34.7 Å². The van der Waals surface area contributed by atoms with Gasteiger partial charge in [0.05, 0.1) is 6.42 Å². The van der Waals surface area contributed by atoms with Gasteiger partial charge in [-0.2, -0.15) is 11.8 Å². The summed E-state index contributed by atoms with van der Waals surface area (Å²) in [6.45, 7) is 5.39. The Bertz CT molecular complexity index is 2070. The number of guanidine groups is 1. The van der Waals surface area contributed by atoms with Crippen molar-refractivity contribution in [2.24, 2.45) is 28.1 Å². The fraction of sp³-hybridized carbons (Fsp3) is 0.545. The topological polar surface area (TPSA) is 340 Å². The average molecular weight is 1010 g/mol. The van der Waals surface area contributed by atoms with E-state index in [-0.39, 0.29) is 43.4 Å². The zero-order chi connectivity index (χ0) is 50.3. The van der Waals surface area contributed by atoms with Crippen LogP contribution in [0.4, 0.5) is 0 Å². The number of amides is 8. The lowest BCUT2D eigenvalue weighted by Gasteiger charge is -2.30. The molecule has 0 spiro atoms. The number of likely N-dealkylation sites (tertiary alicyclic amines) is 1. The van der Waals surface area contributed by atoms with E-state index >= 15 is 0 Å². The lowest BCUT2D eigenvalue weighted by molar-refractivity contribution is -0.141. The summed E-state index contributed by atoms with van der Waals surface area (Å²) in [7, 11) is 0.